The van der Waals surface area contributed by atoms with E-state index in [1.54, 1.807) is 18.5 Å². The van der Waals surface area contributed by atoms with E-state index in [1.807, 2.05) is 11.0 Å². The summed E-state index contributed by atoms with van der Waals surface area (Å²) in [7, 11) is 0. The van der Waals surface area contributed by atoms with Crippen LogP contribution in [0.25, 0.3) is 0 Å². The second kappa shape index (κ2) is 5.90. The number of aromatic nitrogens is 4. The van der Waals surface area contributed by atoms with E-state index >= 15 is 0 Å². The number of rotatable bonds is 3. The Morgan fingerprint density at radius 3 is 3.05 bits per heavy atom. The number of carbonyl (C=O) groups is 1. The van der Waals surface area contributed by atoms with Gasteiger partial charge < -0.3 is 4.90 Å². The van der Waals surface area contributed by atoms with E-state index < -0.39 is 5.69 Å². The first-order chi connectivity index (χ1) is 10.3. The highest BCUT2D eigenvalue weighted by Crippen LogP contribution is 2.29. The lowest BCUT2D eigenvalue weighted by Gasteiger charge is -2.35. The largest absolute Gasteiger partial charge is 0.347 e. The van der Waals surface area contributed by atoms with E-state index in [2.05, 4.69) is 15.2 Å². The van der Waals surface area contributed by atoms with Gasteiger partial charge in [0.15, 0.2) is 0 Å². The number of nitrogens with one attached hydrogen (secondary N) is 1. The molecule has 1 saturated heterocycles. The van der Waals surface area contributed by atoms with Gasteiger partial charge in [0, 0.05) is 25.1 Å². The van der Waals surface area contributed by atoms with Crippen LogP contribution in [-0.2, 0) is 11.3 Å². The van der Waals surface area contributed by atoms with Crippen LogP contribution in [0.1, 0.15) is 31.0 Å². The fourth-order valence-corrected chi connectivity index (χ4v) is 2.75. The summed E-state index contributed by atoms with van der Waals surface area (Å²) in [4.78, 5) is 29.6. The van der Waals surface area contributed by atoms with Crippen molar-refractivity contribution in [3.63, 3.8) is 0 Å². The molecule has 0 spiro atoms. The molecule has 7 heteroatoms. The van der Waals surface area contributed by atoms with Crippen LogP contribution in [0, 0.1) is 0 Å². The van der Waals surface area contributed by atoms with Gasteiger partial charge >= 0.3 is 5.69 Å². The van der Waals surface area contributed by atoms with E-state index in [4.69, 9.17) is 0 Å². The Labute approximate surface area is 121 Å². The van der Waals surface area contributed by atoms with Gasteiger partial charge in [0.25, 0.3) is 0 Å². The van der Waals surface area contributed by atoms with Crippen LogP contribution in [0.2, 0.25) is 0 Å². The van der Waals surface area contributed by atoms with Gasteiger partial charge in [-0.25, -0.2) is 9.78 Å². The van der Waals surface area contributed by atoms with Gasteiger partial charge in [-0.2, -0.15) is 5.10 Å². The summed E-state index contributed by atoms with van der Waals surface area (Å²) in [6.07, 6.45) is 7.69. The molecule has 1 aliphatic heterocycles. The maximum atomic E-state index is 12.5. The number of hydrogen-bond acceptors (Lipinski definition) is 4. The van der Waals surface area contributed by atoms with Gasteiger partial charge in [-0.3, -0.25) is 14.5 Å². The molecule has 0 aliphatic carbocycles. The lowest BCUT2D eigenvalue weighted by Crippen LogP contribution is -2.42. The van der Waals surface area contributed by atoms with Crippen molar-refractivity contribution in [2.24, 2.45) is 0 Å². The van der Waals surface area contributed by atoms with Crippen molar-refractivity contribution in [3.8, 4) is 0 Å². The van der Waals surface area contributed by atoms with Crippen LogP contribution in [0.15, 0.2) is 35.5 Å². The zero-order valence-electron chi connectivity index (χ0n) is 11.6. The van der Waals surface area contributed by atoms with Crippen LogP contribution >= 0.6 is 0 Å². The van der Waals surface area contributed by atoms with Gasteiger partial charge in [0.2, 0.25) is 5.91 Å². The predicted molar refractivity (Wildman–Crippen MR) is 75.4 cm³/mol. The van der Waals surface area contributed by atoms with Crippen molar-refractivity contribution in [1.82, 2.24) is 24.6 Å². The Kier molecular flexibility index (Phi) is 3.81. The standard InChI is InChI=1S/C14H17N5O2/c20-13(10-18-8-3-6-15-14(18)21)19-9-2-1-4-12(19)11-5-7-16-17-11/h3,5-8,12H,1-2,4,9-10H2,(H,16,17)/t12-/m1/s1. The van der Waals surface area contributed by atoms with Crippen molar-refractivity contribution in [1.29, 1.82) is 0 Å². The third kappa shape index (κ3) is 2.86. The number of piperidine rings is 1. The normalized spacial score (nSPS) is 18.7. The smallest absolute Gasteiger partial charge is 0.333 e. The molecule has 0 radical (unpaired) electrons. The van der Waals surface area contributed by atoms with Crippen LogP contribution < -0.4 is 5.69 Å². The molecule has 3 heterocycles. The third-order valence-corrected chi connectivity index (χ3v) is 3.79. The summed E-state index contributed by atoms with van der Waals surface area (Å²) in [6, 6.07) is 3.56. The summed E-state index contributed by atoms with van der Waals surface area (Å²) >= 11 is 0. The zero-order valence-corrected chi connectivity index (χ0v) is 11.6. The van der Waals surface area contributed by atoms with Crippen molar-refractivity contribution < 1.29 is 4.79 Å². The summed E-state index contributed by atoms with van der Waals surface area (Å²) in [5.74, 6) is -0.0654. The lowest BCUT2D eigenvalue weighted by atomic mass is 9.99. The minimum absolute atomic E-state index is 0.0149. The van der Waals surface area contributed by atoms with Gasteiger partial charge in [-0.05, 0) is 31.4 Å². The van der Waals surface area contributed by atoms with Crippen LogP contribution in [0.3, 0.4) is 0 Å². The van der Waals surface area contributed by atoms with Crippen LogP contribution in [0.5, 0.6) is 0 Å². The molecule has 2 aromatic heterocycles. The van der Waals surface area contributed by atoms with Crippen molar-refractivity contribution in [2.45, 2.75) is 31.8 Å². The fourth-order valence-electron chi connectivity index (χ4n) is 2.75. The molecule has 21 heavy (non-hydrogen) atoms. The fraction of sp³-hybridized carbons (Fsp3) is 0.429. The van der Waals surface area contributed by atoms with Gasteiger partial charge in [0.1, 0.15) is 6.54 Å². The molecule has 1 amide bonds. The highest BCUT2D eigenvalue weighted by molar-refractivity contribution is 5.76. The second-order valence-corrected chi connectivity index (χ2v) is 5.14. The molecule has 0 unspecified atom stereocenters. The Morgan fingerprint density at radius 1 is 1.38 bits per heavy atom. The van der Waals surface area contributed by atoms with Crippen molar-refractivity contribution >= 4 is 5.91 Å². The van der Waals surface area contributed by atoms with E-state index in [9.17, 15) is 9.59 Å². The Hall–Kier alpha value is -2.44. The SMILES string of the molecule is O=C(Cn1cccnc1=O)N1CCCC[C@@H]1c1ccn[nH]1. The molecule has 1 N–H and O–H groups in total. The maximum Gasteiger partial charge on any atom is 0.347 e. The second-order valence-electron chi connectivity index (χ2n) is 5.14. The van der Waals surface area contributed by atoms with Gasteiger partial charge in [0.05, 0.1) is 11.7 Å². The molecule has 1 aliphatic rings. The predicted octanol–water partition coefficient (Wildman–Crippen LogP) is 0.720. The molecular weight excluding hydrogens is 270 g/mol. The summed E-state index contributed by atoms with van der Waals surface area (Å²) in [5, 5.41) is 6.90. The maximum absolute atomic E-state index is 12.5. The summed E-state index contributed by atoms with van der Waals surface area (Å²) in [6.45, 7) is 0.731. The molecular formula is C14H17N5O2. The molecule has 0 bridgehead atoms. The number of hydrogen-bond donors (Lipinski definition) is 1. The minimum Gasteiger partial charge on any atom is -0.333 e. The molecule has 2 aromatic rings. The quantitative estimate of drug-likeness (QED) is 0.901. The number of H-pyrrole nitrogens is 1. The molecule has 110 valence electrons. The van der Waals surface area contributed by atoms with Gasteiger partial charge in [-0.15, -0.1) is 0 Å². The van der Waals surface area contributed by atoms with Crippen LogP contribution in [-0.4, -0.2) is 37.1 Å². The van der Waals surface area contributed by atoms with E-state index in [0.29, 0.717) is 6.54 Å². The number of likely N-dealkylation sites (tertiary alicyclic amines) is 1. The van der Waals surface area contributed by atoms with Gasteiger partial charge in [-0.1, -0.05) is 0 Å². The first kappa shape index (κ1) is 13.5. The third-order valence-electron chi connectivity index (χ3n) is 3.79. The number of amides is 1. The molecule has 0 saturated carbocycles. The minimum atomic E-state index is -0.402. The van der Waals surface area contributed by atoms with Crippen LogP contribution in [0.4, 0.5) is 0 Å². The number of carbonyl (C=O) groups excluding carboxylic acids is 1. The molecule has 3 rings (SSSR count). The number of nitrogens with zero attached hydrogens (tertiary/aromatic N) is 4. The Bertz CT molecular complexity index is 664. The molecule has 1 atom stereocenters. The zero-order chi connectivity index (χ0) is 14.7. The monoisotopic (exact) mass is 287 g/mol. The summed E-state index contributed by atoms with van der Waals surface area (Å²) < 4.78 is 1.33. The molecule has 1 fully saturated rings. The highest BCUT2D eigenvalue weighted by atomic mass is 16.2. The topological polar surface area (TPSA) is 83.9 Å². The van der Waals surface area contributed by atoms with E-state index in [-0.39, 0.29) is 18.5 Å². The first-order valence-electron chi connectivity index (χ1n) is 7.06. The highest BCUT2D eigenvalue weighted by Gasteiger charge is 2.28. The average molecular weight is 287 g/mol. The molecule has 0 aromatic carbocycles. The summed E-state index contributed by atoms with van der Waals surface area (Å²) in [5.41, 5.74) is 0.544. The van der Waals surface area contributed by atoms with Crippen molar-refractivity contribution in [2.75, 3.05) is 6.54 Å². The van der Waals surface area contributed by atoms with E-state index in [1.165, 1.54) is 10.8 Å². The Morgan fingerprint density at radius 2 is 2.29 bits per heavy atom. The average Bonchev–Trinajstić information content (AvgIpc) is 3.04. The first-order valence-corrected chi connectivity index (χ1v) is 7.06. The van der Waals surface area contributed by atoms with Crippen molar-refractivity contribution in [3.05, 3.63) is 46.9 Å². The Balaban J connectivity index is 1.79. The molecule has 7 nitrogen and oxygen atoms in total. The number of aromatic amines is 1. The van der Waals surface area contributed by atoms with E-state index in [0.717, 1.165) is 25.0 Å². The lowest BCUT2D eigenvalue weighted by molar-refractivity contribution is -0.135.